The van der Waals surface area contributed by atoms with Gasteiger partial charge in [-0.2, -0.15) is 11.8 Å². The van der Waals surface area contributed by atoms with Gasteiger partial charge in [-0.3, -0.25) is 0 Å². The fourth-order valence-electron chi connectivity index (χ4n) is 3.64. The maximum Gasteiger partial charge on any atom is 0.0223 e. The Labute approximate surface area is 117 Å². The molecule has 2 unspecified atom stereocenters. The molecule has 2 fully saturated rings. The smallest absolute Gasteiger partial charge is 0.0223 e. The summed E-state index contributed by atoms with van der Waals surface area (Å²) in [7, 11) is 0. The van der Waals surface area contributed by atoms with Crippen molar-refractivity contribution in [1.82, 2.24) is 10.2 Å². The van der Waals surface area contributed by atoms with Crippen LogP contribution in [-0.2, 0) is 0 Å². The zero-order valence-corrected chi connectivity index (χ0v) is 13.0. The number of piperazine rings is 1. The van der Waals surface area contributed by atoms with Crippen LogP contribution in [0.1, 0.15) is 39.0 Å². The van der Waals surface area contributed by atoms with Gasteiger partial charge in [0.25, 0.3) is 0 Å². The van der Waals surface area contributed by atoms with Gasteiger partial charge < -0.3 is 10.2 Å². The SMILES string of the molecule is CSCC(C)CN1CCNC(C2CCCCC2)C1. The van der Waals surface area contributed by atoms with Gasteiger partial charge in [0.1, 0.15) is 0 Å². The molecule has 1 heterocycles. The summed E-state index contributed by atoms with van der Waals surface area (Å²) >= 11 is 1.98. The molecule has 2 atom stereocenters. The highest BCUT2D eigenvalue weighted by molar-refractivity contribution is 7.98. The van der Waals surface area contributed by atoms with E-state index in [1.165, 1.54) is 64.0 Å². The Hall–Kier alpha value is 0.270. The Morgan fingerprint density at radius 2 is 2.06 bits per heavy atom. The van der Waals surface area contributed by atoms with Crippen LogP contribution in [0.15, 0.2) is 0 Å². The quantitative estimate of drug-likeness (QED) is 0.827. The third-order valence-corrected chi connectivity index (χ3v) is 5.43. The van der Waals surface area contributed by atoms with Gasteiger partial charge in [-0.1, -0.05) is 26.2 Å². The molecule has 2 aliphatic rings. The molecule has 1 aliphatic carbocycles. The Morgan fingerprint density at radius 1 is 1.28 bits per heavy atom. The van der Waals surface area contributed by atoms with Crippen molar-refractivity contribution in [2.24, 2.45) is 11.8 Å². The molecule has 0 bridgehead atoms. The van der Waals surface area contributed by atoms with Crippen molar-refractivity contribution in [3.05, 3.63) is 0 Å². The summed E-state index contributed by atoms with van der Waals surface area (Å²) in [4.78, 5) is 2.71. The molecule has 1 saturated carbocycles. The molecular formula is C15H30N2S. The van der Waals surface area contributed by atoms with Gasteiger partial charge in [0.2, 0.25) is 0 Å². The topological polar surface area (TPSA) is 15.3 Å². The highest BCUT2D eigenvalue weighted by Gasteiger charge is 2.28. The van der Waals surface area contributed by atoms with Crippen LogP contribution >= 0.6 is 11.8 Å². The van der Waals surface area contributed by atoms with Crippen LogP contribution in [0.2, 0.25) is 0 Å². The van der Waals surface area contributed by atoms with Crippen LogP contribution in [0.4, 0.5) is 0 Å². The first-order valence-electron chi connectivity index (χ1n) is 7.74. The van der Waals surface area contributed by atoms with Gasteiger partial charge in [-0.15, -0.1) is 0 Å². The van der Waals surface area contributed by atoms with Crippen molar-refractivity contribution < 1.29 is 0 Å². The Bertz CT molecular complexity index is 229. The second-order valence-electron chi connectivity index (χ2n) is 6.28. The lowest BCUT2D eigenvalue weighted by Gasteiger charge is -2.40. The number of hydrogen-bond acceptors (Lipinski definition) is 3. The summed E-state index contributed by atoms with van der Waals surface area (Å²) in [6.45, 7) is 7.44. The van der Waals surface area contributed by atoms with E-state index in [4.69, 9.17) is 0 Å². The average molecular weight is 270 g/mol. The summed E-state index contributed by atoms with van der Waals surface area (Å²) in [6, 6.07) is 0.778. The summed E-state index contributed by atoms with van der Waals surface area (Å²) in [6.07, 6.45) is 9.55. The first-order valence-corrected chi connectivity index (χ1v) is 9.13. The van der Waals surface area contributed by atoms with Crippen LogP contribution in [0.5, 0.6) is 0 Å². The zero-order chi connectivity index (χ0) is 12.8. The lowest BCUT2D eigenvalue weighted by Crippen LogP contribution is -2.54. The molecule has 0 amide bonds. The fraction of sp³-hybridized carbons (Fsp3) is 1.00. The molecule has 0 aromatic carbocycles. The van der Waals surface area contributed by atoms with E-state index in [2.05, 4.69) is 23.4 Å². The summed E-state index contributed by atoms with van der Waals surface area (Å²) < 4.78 is 0. The van der Waals surface area contributed by atoms with Crippen molar-refractivity contribution in [2.75, 3.05) is 38.2 Å². The number of thioether (sulfide) groups is 1. The minimum absolute atomic E-state index is 0.778. The van der Waals surface area contributed by atoms with Crippen LogP contribution in [0.3, 0.4) is 0 Å². The second-order valence-corrected chi connectivity index (χ2v) is 7.19. The maximum absolute atomic E-state index is 3.78. The van der Waals surface area contributed by atoms with E-state index in [0.29, 0.717) is 0 Å². The van der Waals surface area contributed by atoms with Gasteiger partial charge in [-0.05, 0) is 36.7 Å². The summed E-state index contributed by atoms with van der Waals surface area (Å²) in [5.74, 6) is 3.10. The highest BCUT2D eigenvalue weighted by Crippen LogP contribution is 2.27. The van der Waals surface area contributed by atoms with Gasteiger partial charge in [0.15, 0.2) is 0 Å². The molecule has 0 aromatic rings. The van der Waals surface area contributed by atoms with Crippen molar-refractivity contribution in [1.29, 1.82) is 0 Å². The van der Waals surface area contributed by atoms with E-state index in [1.807, 2.05) is 11.8 Å². The standard InChI is InChI=1S/C15H30N2S/c1-13(12-18-2)10-17-9-8-16-15(11-17)14-6-4-3-5-7-14/h13-16H,3-12H2,1-2H3. The summed E-state index contributed by atoms with van der Waals surface area (Å²) in [5, 5.41) is 3.78. The molecule has 1 saturated heterocycles. The van der Waals surface area contributed by atoms with E-state index in [9.17, 15) is 0 Å². The van der Waals surface area contributed by atoms with Crippen molar-refractivity contribution in [3.63, 3.8) is 0 Å². The van der Waals surface area contributed by atoms with Crippen molar-refractivity contribution in [3.8, 4) is 0 Å². The molecule has 1 aliphatic heterocycles. The molecule has 3 heteroatoms. The van der Waals surface area contributed by atoms with Crippen molar-refractivity contribution in [2.45, 2.75) is 45.1 Å². The van der Waals surface area contributed by atoms with E-state index in [0.717, 1.165) is 17.9 Å². The fourth-order valence-corrected chi connectivity index (χ4v) is 4.31. The minimum Gasteiger partial charge on any atom is -0.311 e. The number of nitrogens with one attached hydrogen (secondary N) is 1. The third kappa shape index (κ3) is 4.43. The molecule has 0 radical (unpaired) electrons. The van der Waals surface area contributed by atoms with Crippen LogP contribution < -0.4 is 5.32 Å². The monoisotopic (exact) mass is 270 g/mol. The normalized spacial score (nSPS) is 29.3. The molecular weight excluding hydrogens is 240 g/mol. The highest BCUT2D eigenvalue weighted by atomic mass is 32.2. The number of hydrogen-bond donors (Lipinski definition) is 1. The molecule has 106 valence electrons. The predicted octanol–water partition coefficient (Wildman–Crippen LogP) is 2.84. The van der Waals surface area contributed by atoms with Crippen LogP contribution in [0.25, 0.3) is 0 Å². The van der Waals surface area contributed by atoms with E-state index in [-0.39, 0.29) is 0 Å². The van der Waals surface area contributed by atoms with Gasteiger partial charge in [0.05, 0.1) is 0 Å². The minimum atomic E-state index is 0.778. The van der Waals surface area contributed by atoms with Gasteiger partial charge in [0, 0.05) is 32.2 Å². The first-order chi connectivity index (χ1) is 8.79. The number of rotatable bonds is 5. The molecule has 18 heavy (non-hydrogen) atoms. The molecule has 0 aromatic heterocycles. The predicted molar refractivity (Wildman–Crippen MR) is 82.4 cm³/mol. The Kier molecular flexibility index (Phi) is 6.33. The number of nitrogens with zero attached hydrogens (tertiary/aromatic N) is 1. The molecule has 2 rings (SSSR count). The average Bonchev–Trinajstić information content (AvgIpc) is 2.40. The van der Waals surface area contributed by atoms with Crippen LogP contribution in [0, 0.1) is 11.8 Å². The molecule has 1 N–H and O–H groups in total. The van der Waals surface area contributed by atoms with E-state index < -0.39 is 0 Å². The third-order valence-electron chi connectivity index (χ3n) is 4.53. The van der Waals surface area contributed by atoms with E-state index >= 15 is 0 Å². The van der Waals surface area contributed by atoms with E-state index in [1.54, 1.807) is 0 Å². The van der Waals surface area contributed by atoms with Gasteiger partial charge >= 0.3 is 0 Å². The van der Waals surface area contributed by atoms with Crippen LogP contribution in [-0.4, -0.2) is 49.1 Å². The molecule has 0 spiro atoms. The lowest BCUT2D eigenvalue weighted by molar-refractivity contribution is 0.136. The zero-order valence-electron chi connectivity index (χ0n) is 12.2. The largest absolute Gasteiger partial charge is 0.311 e. The maximum atomic E-state index is 3.78. The van der Waals surface area contributed by atoms with Crippen molar-refractivity contribution >= 4 is 11.8 Å². The second kappa shape index (κ2) is 7.76. The molecule has 2 nitrogen and oxygen atoms in total. The van der Waals surface area contributed by atoms with Gasteiger partial charge in [-0.25, -0.2) is 0 Å². The summed E-state index contributed by atoms with van der Waals surface area (Å²) in [5.41, 5.74) is 0. The Morgan fingerprint density at radius 3 is 2.78 bits per heavy atom. The lowest BCUT2D eigenvalue weighted by atomic mass is 9.83. The first kappa shape index (κ1) is 14.7. The Balaban J connectivity index is 1.76.